The number of hydrogen-bond donors (Lipinski definition) is 0. The fourth-order valence-corrected chi connectivity index (χ4v) is 4.10. The molecule has 27 heavy (non-hydrogen) atoms. The molecule has 1 fully saturated rings. The molecule has 0 N–H and O–H groups in total. The van der Waals surface area contributed by atoms with E-state index in [4.69, 9.17) is 9.97 Å². The van der Waals surface area contributed by atoms with E-state index in [0.29, 0.717) is 5.92 Å². The molecular formula is C18H16F3N5S. The number of rotatable bonds is 2. The summed E-state index contributed by atoms with van der Waals surface area (Å²) in [6, 6.07) is 6.20. The normalized spacial score (nSPS) is 14.4. The average Bonchev–Trinajstić information content (AvgIpc) is 3.12. The van der Waals surface area contributed by atoms with Gasteiger partial charge in [-0.2, -0.15) is 18.3 Å². The molecule has 5 rings (SSSR count). The quantitative estimate of drug-likeness (QED) is 0.478. The minimum atomic E-state index is -3.67. The molecule has 0 amide bonds. The predicted octanol–water partition coefficient (Wildman–Crippen LogP) is 5.09. The zero-order valence-electron chi connectivity index (χ0n) is 14.4. The van der Waals surface area contributed by atoms with Gasteiger partial charge in [0.25, 0.3) is 0 Å². The largest absolute Gasteiger partial charge is 0.379 e. The highest BCUT2D eigenvalue weighted by molar-refractivity contribution is 7.18. The number of aromatic nitrogens is 5. The second kappa shape index (κ2) is 7.22. The van der Waals surface area contributed by atoms with Gasteiger partial charge in [0.15, 0.2) is 5.65 Å². The lowest BCUT2D eigenvalue weighted by molar-refractivity contribution is 0.00819. The van der Waals surface area contributed by atoms with Crippen LogP contribution in [-0.2, 0) is 7.05 Å². The van der Waals surface area contributed by atoms with Crippen molar-refractivity contribution < 1.29 is 13.2 Å². The van der Waals surface area contributed by atoms with Crippen molar-refractivity contribution in [2.45, 2.75) is 31.9 Å². The van der Waals surface area contributed by atoms with Crippen LogP contribution in [0.3, 0.4) is 0 Å². The molecule has 0 aliphatic heterocycles. The van der Waals surface area contributed by atoms with E-state index in [1.807, 2.05) is 25.5 Å². The number of thiazole rings is 1. The molecule has 0 atom stereocenters. The second-order valence-electron chi connectivity index (χ2n) is 6.39. The van der Waals surface area contributed by atoms with Crippen molar-refractivity contribution in [2.75, 3.05) is 0 Å². The van der Waals surface area contributed by atoms with E-state index in [1.165, 1.54) is 24.3 Å². The number of aryl methyl sites for hydroxylation is 1. The van der Waals surface area contributed by atoms with Crippen molar-refractivity contribution in [1.29, 1.82) is 0 Å². The van der Waals surface area contributed by atoms with E-state index in [0.717, 1.165) is 32.6 Å². The van der Waals surface area contributed by atoms with Gasteiger partial charge in [0.05, 0.1) is 10.7 Å². The monoisotopic (exact) mass is 391 g/mol. The Hall–Kier alpha value is -2.55. The third kappa shape index (κ3) is 3.78. The van der Waals surface area contributed by atoms with Crippen LogP contribution in [0.2, 0.25) is 0 Å². The van der Waals surface area contributed by atoms with Crippen LogP contribution in [0.15, 0.2) is 30.6 Å². The summed E-state index contributed by atoms with van der Waals surface area (Å²) < 4.78 is 30.8. The smallest absolute Gasteiger partial charge is 0.273 e. The van der Waals surface area contributed by atoms with E-state index in [-0.39, 0.29) is 0 Å². The molecule has 4 heterocycles. The number of fused-ring (bicyclic) bond motifs is 2. The van der Waals surface area contributed by atoms with Crippen LogP contribution in [-0.4, -0.2) is 31.4 Å². The molecule has 1 aliphatic carbocycles. The Balaban J connectivity index is 0.000000413. The summed E-state index contributed by atoms with van der Waals surface area (Å²) in [7, 11) is 1.91. The molecular weight excluding hydrogens is 375 g/mol. The Morgan fingerprint density at radius 3 is 2.67 bits per heavy atom. The number of halogens is 3. The van der Waals surface area contributed by atoms with Gasteiger partial charge in [-0.05, 0) is 31.0 Å². The summed E-state index contributed by atoms with van der Waals surface area (Å²) in [4.78, 5) is 15.0. The topological polar surface area (TPSA) is 56.5 Å². The summed E-state index contributed by atoms with van der Waals surface area (Å²) in [5.74, 6) is 0.658. The first-order chi connectivity index (χ1) is 13.0. The lowest BCUT2D eigenvalue weighted by Gasteiger charge is -2.22. The number of alkyl halides is 3. The van der Waals surface area contributed by atoms with Crippen molar-refractivity contribution in [3.63, 3.8) is 0 Å². The Morgan fingerprint density at radius 1 is 1.19 bits per heavy atom. The van der Waals surface area contributed by atoms with Crippen LogP contribution in [0, 0.1) is 0 Å². The van der Waals surface area contributed by atoms with Crippen LogP contribution in [0.5, 0.6) is 0 Å². The third-order valence-electron chi connectivity index (χ3n) is 4.50. The molecule has 1 aliphatic rings. The summed E-state index contributed by atoms with van der Waals surface area (Å²) in [5.41, 5.74) is 3.74. The molecule has 0 radical (unpaired) electrons. The van der Waals surface area contributed by atoms with Crippen LogP contribution in [0.1, 0.15) is 30.2 Å². The SMILES string of the molecule is Cn1cc2cc(-c3ccc4nc(C5CCC5)sc4n3)cnc2n1.FC(F)F. The Labute approximate surface area is 156 Å². The van der Waals surface area contributed by atoms with Gasteiger partial charge in [-0.3, -0.25) is 4.68 Å². The molecule has 4 aromatic heterocycles. The fourth-order valence-electron chi connectivity index (χ4n) is 3.00. The van der Waals surface area contributed by atoms with Crippen LogP contribution >= 0.6 is 11.3 Å². The van der Waals surface area contributed by atoms with E-state index in [2.05, 4.69) is 22.2 Å². The van der Waals surface area contributed by atoms with Gasteiger partial charge in [0, 0.05) is 36.3 Å². The maximum Gasteiger partial charge on any atom is 0.379 e. The average molecular weight is 391 g/mol. The third-order valence-corrected chi connectivity index (χ3v) is 5.62. The number of pyridine rings is 2. The summed E-state index contributed by atoms with van der Waals surface area (Å²) in [6.07, 6.45) is 7.70. The van der Waals surface area contributed by atoms with Crippen LogP contribution in [0.25, 0.3) is 32.6 Å². The van der Waals surface area contributed by atoms with Gasteiger partial charge in [-0.15, -0.1) is 0 Å². The minimum Gasteiger partial charge on any atom is -0.273 e. The van der Waals surface area contributed by atoms with E-state index in [1.54, 1.807) is 16.0 Å². The van der Waals surface area contributed by atoms with Crippen molar-refractivity contribution in [2.24, 2.45) is 7.05 Å². The van der Waals surface area contributed by atoms with Gasteiger partial charge in [-0.1, -0.05) is 17.8 Å². The zero-order chi connectivity index (χ0) is 19.0. The van der Waals surface area contributed by atoms with E-state index >= 15 is 0 Å². The molecule has 5 nitrogen and oxygen atoms in total. The lowest BCUT2D eigenvalue weighted by Crippen LogP contribution is -2.07. The zero-order valence-corrected chi connectivity index (χ0v) is 15.3. The predicted molar refractivity (Wildman–Crippen MR) is 98.6 cm³/mol. The van der Waals surface area contributed by atoms with Crippen molar-refractivity contribution in [3.05, 3.63) is 35.6 Å². The first-order valence-corrected chi connectivity index (χ1v) is 9.31. The molecule has 0 unspecified atom stereocenters. The van der Waals surface area contributed by atoms with Gasteiger partial charge in [-0.25, -0.2) is 15.0 Å². The van der Waals surface area contributed by atoms with Gasteiger partial charge in [0.1, 0.15) is 10.3 Å². The summed E-state index contributed by atoms with van der Waals surface area (Å²) in [6.45, 7) is -3.67. The summed E-state index contributed by atoms with van der Waals surface area (Å²) >= 11 is 1.74. The number of nitrogens with zero attached hydrogens (tertiary/aromatic N) is 5. The Morgan fingerprint density at radius 2 is 1.96 bits per heavy atom. The fraction of sp³-hybridized carbons (Fsp3) is 0.333. The summed E-state index contributed by atoms with van der Waals surface area (Å²) in [5, 5.41) is 6.59. The van der Waals surface area contributed by atoms with Crippen LogP contribution < -0.4 is 0 Å². The molecule has 140 valence electrons. The highest BCUT2D eigenvalue weighted by atomic mass is 32.1. The van der Waals surface area contributed by atoms with E-state index in [9.17, 15) is 13.2 Å². The first-order valence-electron chi connectivity index (χ1n) is 8.49. The standard InChI is InChI=1S/C17H15N5S.CHF3/c1-22-9-12-7-11(8-18-15(12)21-22)13-5-6-14-17(19-13)23-16(20-14)10-3-2-4-10;2-1(3)4/h5-10H,2-4H2,1H3;1H. The van der Waals surface area contributed by atoms with Crippen molar-refractivity contribution in [1.82, 2.24) is 24.7 Å². The molecule has 0 saturated heterocycles. The highest BCUT2D eigenvalue weighted by Gasteiger charge is 2.23. The molecule has 0 spiro atoms. The van der Waals surface area contributed by atoms with Crippen LogP contribution in [0.4, 0.5) is 13.2 Å². The minimum absolute atomic E-state index is 0.658. The first kappa shape index (κ1) is 17.8. The molecule has 0 aromatic carbocycles. The maximum absolute atomic E-state index is 9.67. The Bertz CT molecular complexity index is 1080. The Kier molecular flexibility index (Phi) is 4.77. The molecule has 0 bridgehead atoms. The highest BCUT2D eigenvalue weighted by Crippen LogP contribution is 2.39. The van der Waals surface area contributed by atoms with E-state index < -0.39 is 6.68 Å². The second-order valence-corrected chi connectivity index (χ2v) is 7.40. The van der Waals surface area contributed by atoms with Gasteiger partial charge >= 0.3 is 6.68 Å². The molecule has 4 aromatic rings. The maximum atomic E-state index is 9.67. The van der Waals surface area contributed by atoms with Gasteiger partial charge in [0.2, 0.25) is 0 Å². The molecule has 9 heteroatoms. The number of hydrogen-bond acceptors (Lipinski definition) is 5. The molecule has 1 saturated carbocycles. The lowest BCUT2D eigenvalue weighted by atomic mass is 9.86. The van der Waals surface area contributed by atoms with Crippen molar-refractivity contribution >= 4 is 32.7 Å². The van der Waals surface area contributed by atoms with Crippen molar-refractivity contribution in [3.8, 4) is 11.3 Å². The van der Waals surface area contributed by atoms with Gasteiger partial charge < -0.3 is 0 Å².